The molecular weight excluding hydrogens is 418 g/mol. The highest BCUT2D eigenvalue weighted by Crippen LogP contribution is 2.34. The van der Waals surface area contributed by atoms with E-state index < -0.39 is 0 Å². The number of aromatic nitrogens is 1. The average Bonchev–Trinajstić information content (AvgIpc) is 3.21. The molecule has 0 spiro atoms. The van der Waals surface area contributed by atoms with E-state index in [4.69, 9.17) is 21.3 Å². The lowest BCUT2D eigenvalue weighted by Gasteiger charge is -2.30. The number of thiazole rings is 1. The van der Waals surface area contributed by atoms with E-state index in [9.17, 15) is 4.79 Å². The van der Waals surface area contributed by atoms with E-state index in [0.29, 0.717) is 22.4 Å². The summed E-state index contributed by atoms with van der Waals surface area (Å²) < 4.78 is 5.95. The van der Waals surface area contributed by atoms with Gasteiger partial charge in [-0.25, -0.2) is 4.98 Å². The molecular formula is C23H24ClN3O2S. The Bertz CT molecular complexity index is 1040. The fraction of sp³-hybridized carbons (Fsp3) is 0.304. The number of anilines is 2. The smallest absolute Gasteiger partial charge is 0.219 e. The Labute approximate surface area is 185 Å². The molecule has 5 nitrogen and oxygen atoms in total. The maximum absolute atomic E-state index is 11.5. The van der Waals surface area contributed by atoms with Gasteiger partial charge < -0.3 is 15.0 Å². The highest BCUT2D eigenvalue weighted by Gasteiger charge is 2.23. The number of nitrogens with zero attached hydrogens (tertiary/aromatic N) is 2. The molecule has 2 heterocycles. The highest BCUT2D eigenvalue weighted by atomic mass is 35.5. The minimum Gasteiger partial charge on any atom is -0.456 e. The molecule has 1 aliphatic heterocycles. The van der Waals surface area contributed by atoms with Crippen molar-refractivity contribution < 1.29 is 9.53 Å². The summed E-state index contributed by atoms with van der Waals surface area (Å²) in [6.07, 6.45) is 1.92. The number of para-hydroxylation sites is 1. The van der Waals surface area contributed by atoms with Crippen LogP contribution in [0.1, 0.15) is 36.9 Å². The second-order valence-corrected chi connectivity index (χ2v) is 8.76. The first kappa shape index (κ1) is 20.7. The van der Waals surface area contributed by atoms with Crippen LogP contribution in [0.15, 0.2) is 47.8 Å². The first-order valence-electron chi connectivity index (χ1n) is 10.0. The molecule has 1 fully saturated rings. The van der Waals surface area contributed by atoms with Crippen molar-refractivity contribution >= 4 is 39.7 Å². The maximum atomic E-state index is 11.5. The average molecular weight is 442 g/mol. The third kappa shape index (κ3) is 4.77. The van der Waals surface area contributed by atoms with E-state index in [-0.39, 0.29) is 5.91 Å². The standard InChI is InChI=1S/C23H24ClN3O2S/c1-15-7-8-18(29-22-6-4-3-5-19(22)24)13-20(15)25-23-26-21(14-30-23)17-9-11-27(12-10-17)16(2)28/h3-8,13-14,17H,9-12H2,1-2H3,(H,25,26). The van der Waals surface area contributed by atoms with Crippen molar-refractivity contribution in [2.45, 2.75) is 32.6 Å². The zero-order chi connectivity index (χ0) is 21.1. The maximum Gasteiger partial charge on any atom is 0.219 e. The Hall–Kier alpha value is -2.57. The van der Waals surface area contributed by atoms with Crippen molar-refractivity contribution in [1.82, 2.24) is 9.88 Å². The van der Waals surface area contributed by atoms with Gasteiger partial charge in [-0.1, -0.05) is 29.8 Å². The Morgan fingerprint density at radius 3 is 2.73 bits per heavy atom. The molecule has 2 aromatic carbocycles. The molecule has 0 radical (unpaired) electrons. The first-order valence-corrected chi connectivity index (χ1v) is 11.3. The molecule has 0 atom stereocenters. The lowest BCUT2D eigenvalue weighted by atomic mass is 9.94. The number of carbonyl (C=O) groups excluding carboxylic acids is 1. The first-order chi connectivity index (χ1) is 14.5. The molecule has 0 saturated carbocycles. The number of aryl methyl sites for hydroxylation is 1. The summed E-state index contributed by atoms with van der Waals surface area (Å²) in [5.41, 5.74) is 3.16. The van der Waals surface area contributed by atoms with Crippen LogP contribution in [0.2, 0.25) is 5.02 Å². The molecule has 0 unspecified atom stereocenters. The number of halogens is 1. The number of benzene rings is 2. The van der Waals surface area contributed by atoms with Crippen molar-refractivity contribution in [2.75, 3.05) is 18.4 Å². The Morgan fingerprint density at radius 1 is 1.23 bits per heavy atom. The van der Waals surface area contributed by atoms with Crippen LogP contribution in [-0.2, 0) is 4.79 Å². The number of likely N-dealkylation sites (tertiary alicyclic amines) is 1. The minimum atomic E-state index is 0.156. The number of ether oxygens (including phenoxy) is 1. The number of piperidine rings is 1. The second kappa shape index (κ2) is 9.06. The summed E-state index contributed by atoms with van der Waals surface area (Å²) >= 11 is 7.81. The third-order valence-corrected chi connectivity index (χ3v) is 6.48. The normalized spacial score (nSPS) is 14.6. The predicted molar refractivity (Wildman–Crippen MR) is 122 cm³/mol. The quantitative estimate of drug-likeness (QED) is 0.500. The predicted octanol–water partition coefficient (Wildman–Crippen LogP) is 6.37. The van der Waals surface area contributed by atoms with Gasteiger partial charge in [0.2, 0.25) is 5.91 Å². The number of amides is 1. The van der Waals surface area contributed by atoms with E-state index in [0.717, 1.165) is 48.0 Å². The van der Waals surface area contributed by atoms with Crippen molar-refractivity contribution in [1.29, 1.82) is 0 Å². The van der Waals surface area contributed by atoms with Gasteiger partial charge >= 0.3 is 0 Å². The Balaban J connectivity index is 1.45. The van der Waals surface area contributed by atoms with E-state index in [1.807, 2.05) is 54.3 Å². The minimum absolute atomic E-state index is 0.156. The number of hydrogen-bond acceptors (Lipinski definition) is 5. The number of carbonyl (C=O) groups is 1. The Kier molecular flexibility index (Phi) is 6.25. The fourth-order valence-electron chi connectivity index (χ4n) is 3.59. The third-order valence-electron chi connectivity index (χ3n) is 5.40. The van der Waals surface area contributed by atoms with Gasteiger partial charge in [0.1, 0.15) is 11.5 Å². The van der Waals surface area contributed by atoms with Crippen LogP contribution >= 0.6 is 22.9 Å². The van der Waals surface area contributed by atoms with Crippen LogP contribution in [0.4, 0.5) is 10.8 Å². The summed E-state index contributed by atoms with van der Waals surface area (Å²) in [6.45, 7) is 5.30. The van der Waals surface area contributed by atoms with Gasteiger partial charge in [0.25, 0.3) is 0 Å². The van der Waals surface area contributed by atoms with E-state index in [2.05, 4.69) is 10.7 Å². The molecule has 1 amide bonds. The number of hydrogen-bond donors (Lipinski definition) is 1. The SMILES string of the molecule is CC(=O)N1CCC(c2csc(Nc3cc(Oc4ccccc4Cl)ccc3C)n2)CC1. The molecule has 3 aromatic rings. The number of nitrogens with one attached hydrogen (secondary N) is 1. The molecule has 1 N–H and O–H groups in total. The van der Waals surface area contributed by atoms with E-state index >= 15 is 0 Å². The molecule has 156 valence electrons. The van der Waals surface area contributed by atoms with Gasteiger partial charge in [0.05, 0.1) is 10.7 Å². The van der Waals surface area contributed by atoms with E-state index in [1.54, 1.807) is 18.3 Å². The largest absolute Gasteiger partial charge is 0.456 e. The molecule has 4 rings (SSSR count). The zero-order valence-electron chi connectivity index (χ0n) is 17.0. The lowest BCUT2D eigenvalue weighted by Crippen LogP contribution is -2.36. The molecule has 1 saturated heterocycles. The summed E-state index contributed by atoms with van der Waals surface area (Å²) in [6, 6.07) is 13.3. The molecule has 30 heavy (non-hydrogen) atoms. The van der Waals surface area contributed by atoms with Crippen LogP contribution in [-0.4, -0.2) is 28.9 Å². The summed E-state index contributed by atoms with van der Waals surface area (Å²) in [4.78, 5) is 18.3. The van der Waals surface area contributed by atoms with Gasteiger partial charge in [-0.15, -0.1) is 11.3 Å². The molecule has 1 aliphatic rings. The fourth-order valence-corrected chi connectivity index (χ4v) is 4.57. The lowest BCUT2D eigenvalue weighted by molar-refractivity contribution is -0.129. The van der Waals surface area contributed by atoms with Crippen molar-refractivity contribution in [3.05, 3.63) is 64.1 Å². The summed E-state index contributed by atoms with van der Waals surface area (Å²) in [5, 5.41) is 6.99. The number of rotatable bonds is 5. The molecule has 0 aliphatic carbocycles. The van der Waals surface area contributed by atoms with Crippen molar-refractivity contribution in [2.24, 2.45) is 0 Å². The monoisotopic (exact) mass is 441 g/mol. The Morgan fingerprint density at radius 2 is 2.00 bits per heavy atom. The van der Waals surface area contributed by atoms with Crippen LogP contribution in [0.25, 0.3) is 0 Å². The zero-order valence-corrected chi connectivity index (χ0v) is 18.6. The van der Waals surface area contributed by atoms with Crippen LogP contribution in [0, 0.1) is 6.92 Å². The van der Waals surface area contributed by atoms with Crippen LogP contribution in [0.3, 0.4) is 0 Å². The van der Waals surface area contributed by atoms with Gasteiger partial charge in [-0.05, 0) is 43.5 Å². The van der Waals surface area contributed by atoms with Gasteiger partial charge in [0.15, 0.2) is 5.13 Å². The topological polar surface area (TPSA) is 54.5 Å². The highest BCUT2D eigenvalue weighted by molar-refractivity contribution is 7.13. The molecule has 1 aromatic heterocycles. The summed E-state index contributed by atoms with van der Waals surface area (Å²) in [5.74, 6) is 1.90. The van der Waals surface area contributed by atoms with Crippen molar-refractivity contribution in [3.8, 4) is 11.5 Å². The second-order valence-electron chi connectivity index (χ2n) is 7.49. The van der Waals surface area contributed by atoms with Gasteiger partial charge in [0, 0.05) is 43.1 Å². The van der Waals surface area contributed by atoms with Crippen LogP contribution < -0.4 is 10.1 Å². The van der Waals surface area contributed by atoms with Gasteiger partial charge in [-0.3, -0.25) is 4.79 Å². The summed E-state index contributed by atoms with van der Waals surface area (Å²) in [7, 11) is 0. The van der Waals surface area contributed by atoms with Crippen LogP contribution in [0.5, 0.6) is 11.5 Å². The van der Waals surface area contributed by atoms with Crippen molar-refractivity contribution in [3.63, 3.8) is 0 Å². The molecule has 0 bridgehead atoms. The van der Waals surface area contributed by atoms with Gasteiger partial charge in [-0.2, -0.15) is 0 Å². The van der Waals surface area contributed by atoms with E-state index in [1.165, 1.54) is 0 Å². The molecule has 7 heteroatoms.